The lowest BCUT2D eigenvalue weighted by molar-refractivity contribution is -0.124. The second-order valence-corrected chi connectivity index (χ2v) is 19.5. The Morgan fingerprint density at radius 3 is 0.951 bits per heavy atom. The summed E-state index contributed by atoms with van der Waals surface area (Å²) in [4.78, 5) is 12.5. The maximum absolute atomic E-state index is 12.5. The lowest BCUT2D eigenvalue weighted by Gasteiger charge is -2.26. The average molecular weight is 863 g/mol. The van der Waals surface area contributed by atoms with Gasteiger partial charge in [0.05, 0.1) is 18.8 Å². The van der Waals surface area contributed by atoms with Gasteiger partial charge in [0.25, 0.3) is 0 Å². The van der Waals surface area contributed by atoms with Crippen LogP contribution in [-0.2, 0) is 4.79 Å². The lowest BCUT2D eigenvalue weighted by Crippen LogP contribution is -2.50. The first-order valence-electron chi connectivity index (χ1n) is 28.0. The Morgan fingerprint density at radius 1 is 0.393 bits per heavy atom. The van der Waals surface area contributed by atoms with Gasteiger partial charge in [-0.15, -0.1) is 0 Å². The van der Waals surface area contributed by atoms with Gasteiger partial charge < -0.3 is 20.6 Å². The van der Waals surface area contributed by atoms with E-state index in [1.54, 1.807) is 0 Å². The van der Waals surface area contributed by atoms with Gasteiger partial charge in [0.15, 0.2) is 0 Å². The quantitative estimate of drug-likeness (QED) is 0.0362. The molecule has 0 fully saturated rings. The van der Waals surface area contributed by atoms with Gasteiger partial charge in [-0.05, 0) is 38.5 Å². The largest absolute Gasteiger partial charge is 0.394 e. The number of amides is 1. The third kappa shape index (κ3) is 46.9. The van der Waals surface area contributed by atoms with E-state index >= 15 is 0 Å². The standard InChI is InChI=1S/C56H111NO4/c1-3-5-7-9-11-13-15-17-19-21-23-24-25-26-27-28-29-30-31-33-35-37-39-41-43-45-47-49-51-55(60)57-53(52-58)56(61)54(59)50-48-46-44-42-40-38-36-34-32-22-20-18-16-14-12-10-8-6-4-2/h42,44,53-54,56,58-59,61H,3-41,43,45-52H2,1-2H3,(H,57,60)/b44-42+. The molecular weight excluding hydrogens is 751 g/mol. The van der Waals surface area contributed by atoms with Crippen molar-refractivity contribution in [2.75, 3.05) is 6.61 Å². The lowest BCUT2D eigenvalue weighted by atomic mass is 10.0. The molecule has 3 unspecified atom stereocenters. The van der Waals surface area contributed by atoms with Crippen LogP contribution in [0, 0.1) is 0 Å². The predicted molar refractivity (Wildman–Crippen MR) is 269 cm³/mol. The number of carbonyl (C=O) groups excluding carboxylic acids is 1. The minimum atomic E-state index is -1.16. The Kier molecular flexibility index (Phi) is 51.0. The molecule has 0 aromatic rings. The Hall–Kier alpha value is -0.910. The van der Waals surface area contributed by atoms with Crippen LogP contribution in [-0.4, -0.2) is 46.1 Å². The molecule has 0 rings (SSSR count). The normalized spacial score (nSPS) is 13.3. The van der Waals surface area contributed by atoms with Gasteiger partial charge in [0.1, 0.15) is 6.10 Å². The van der Waals surface area contributed by atoms with Crippen molar-refractivity contribution in [2.24, 2.45) is 0 Å². The number of nitrogens with one attached hydrogen (secondary N) is 1. The fraction of sp³-hybridized carbons (Fsp3) is 0.946. The van der Waals surface area contributed by atoms with E-state index in [4.69, 9.17) is 0 Å². The number of rotatable bonds is 52. The second-order valence-electron chi connectivity index (χ2n) is 19.5. The van der Waals surface area contributed by atoms with Crippen LogP contribution in [0.15, 0.2) is 12.2 Å². The Balaban J connectivity index is 3.51. The van der Waals surface area contributed by atoms with E-state index in [9.17, 15) is 20.1 Å². The molecule has 3 atom stereocenters. The molecule has 0 saturated carbocycles. The molecule has 5 heteroatoms. The molecule has 61 heavy (non-hydrogen) atoms. The van der Waals surface area contributed by atoms with Crippen LogP contribution in [0.2, 0.25) is 0 Å². The van der Waals surface area contributed by atoms with E-state index in [0.29, 0.717) is 12.8 Å². The molecule has 5 nitrogen and oxygen atoms in total. The molecule has 4 N–H and O–H groups in total. The van der Waals surface area contributed by atoms with Crippen molar-refractivity contribution in [3.8, 4) is 0 Å². The van der Waals surface area contributed by atoms with Crippen LogP contribution < -0.4 is 5.32 Å². The molecule has 1 amide bonds. The molecular formula is C56H111NO4. The molecule has 0 aromatic heterocycles. The highest BCUT2D eigenvalue weighted by Gasteiger charge is 2.26. The fourth-order valence-electron chi connectivity index (χ4n) is 9.05. The average Bonchev–Trinajstić information content (AvgIpc) is 3.26. The van der Waals surface area contributed by atoms with Crippen molar-refractivity contribution in [1.29, 1.82) is 0 Å². The van der Waals surface area contributed by atoms with Crippen molar-refractivity contribution < 1.29 is 20.1 Å². The molecule has 364 valence electrons. The molecule has 0 radical (unpaired) electrons. The molecule has 0 aliphatic rings. The third-order valence-corrected chi connectivity index (χ3v) is 13.4. The second kappa shape index (κ2) is 51.7. The van der Waals surface area contributed by atoms with Gasteiger partial charge in [-0.3, -0.25) is 4.79 Å². The zero-order chi connectivity index (χ0) is 44.4. The first kappa shape index (κ1) is 60.1. The Morgan fingerprint density at radius 2 is 0.656 bits per heavy atom. The molecule has 0 heterocycles. The summed E-state index contributed by atoms with van der Waals surface area (Å²) < 4.78 is 0. The van der Waals surface area contributed by atoms with Gasteiger partial charge in [-0.25, -0.2) is 0 Å². The van der Waals surface area contributed by atoms with Crippen LogP contribution >= 0.6 is 0 Å². The smallest absolute Gasteiger partial charge is 0.220 e. The zero-order valence-electron chi connectivity index (χ0n) is 41.6. The summed E-state index contributed by atoms with van der Waals surface area (Å²) in [6, 6.07) is -0.822. The number of aliphatic hydroxyl groups excluding tert-OH is 3. The molecule has 0 aliphatic carbocycles. The van der Waals surface area contributed by atoms with Gasteiger partial charge in [-0.2, -0.15) is 0 Å². The van der Waals surface area contributed by atoms with Crippen LogP contribution in [0.1, 0.15) is 316 Å². The molecule has 0 bridgehead atoms. The third-order valence-electron chi connectivity index (χ3n) is 13.4. The van der Waals surface area contributed by atoms with Crippen molar-refractivity contribution in [2.45, 2.75) is 334 Å². The fourth-order valence-corrected chi connectivity index (χ4v) is 9.05. The number of aliphatic hydroxyl groups is 3. The first-order chi connectivity index (χ1) is 30.1. The highest BCUT2D eigenvalue weighted by Crippen LogP contribution is 2.18. The topological polar surface area (TPSA) is 89.8 Å². The van der Waals surface area contributed by atoms with Gasteiger partial charge >= 0.3 is 0 Å². The maximum atomic E-state index is 12.5. The van der Waals surface area contributed by atoms with E-state index in [-0.39, 0.29) is 12.5 Å². The summed E-state index contributed by atoms with van der Waals surface area (Å²) in [5, 5.41) is 33.7. The van der Waals surface area contributed by atoms with Crippen molar-refractivity contribution >= 4 is 5.91 Å². The number of hydrogen-bond acceptors (Lipinski definition) is 4. The van der Waals surface area contributed by atoms with Crippen molar-refractivity contribution in [1.82, 2.24) is 5.32 Å². The van der Waals surface area contributed by atoms with E-state index in [2.05, 4.69) is 31.3 Å². The highest BCUT2D eigenvalue weighted by atomic mass is 16.3. The summed E-state index contributed by atoms with van der Waals surface area (Å²) in [5.74, 6) is -0.147. The number of carbonyl (C=O) groups is 1. The van der Waals surface area contributed by atoms with E-state index in [1.807, 2.05) is 0 Å². The monoisotopic (exact) mass is 862 g/mol. The number of hydrogen-bond donors (Lipinski definition) is 4. The van der Waals surface area contributed by atoms with Gasteiger partial charge in [-0.1, -0.05) is 283 Å². The van der Waals surface area contributed by atoms with Crippen LogP contribution in [0.25, 0.3) is 0 Å². The maximum Gasteiger partial charge on any atom is 0.220 e. The summed E-state index contributed by atoms with van der Waals surface area (Å²) in [5.41, 5.74) is 0. The van der Waals surface area contributed by atoms with Crippen LogP contribution in [0.4, 0.5) is 0 Å². The zero-order valence-corrected chi connectivity index (χ0v) is 41.6. The van der Waals surface area contributed by atoms with Crippen molar-refractivity contribution in [3.05, 3.63) is 12.2 Å². The first-order valence-corrected chi connectivity index (χ1v) is 28.0. The Bertz CT molecular complexity index is 864. The van der Waals surface area contributed by atoms with Crippen LogP contribution in [0.5, 0.6) is 0 Å². The van der Waals surface area contributed by atoms with Gasteiger partial charge in [0, 0.05) is 6.42 Å². The van der Waals surface area contributed by atoms with Crippen molar-refractivity contribution in [3.63, 3.8) is 0 Å². The number of allylic oxidation sites excluding steroid dienone is 2. The predicted octanol–water partition coefficient (Wildman–Crippen LogP) is 17.1. The van der Waals surface area contributed by atoms with Gasteiger partial charge in [0.2, 0.25) is 5.91 Å². The highest BCUT2D eigenvalue weighted by molar-refractivity contribution is 5.76. The molecule has 0 saturated heterocycles. The molecule has 0 spiro atoms. The minimum Gasteiger partial charge on any atom is -0.394 e. The molecule has 0 aliphatic heterocycles. The van der Waals surface area contributed by atoms with E-state index in [1.165, 1.54) is 250 Å². The summed E-state index contributed by atoms with van der Waals surface area (Å²) in [6.45, 7) is 4.21. The van der Waals surface area contributed by atoms with Crippen LogP contribution in [0.3, 0.4) is 0 Å². The summed E-state index contributed by atoms with van der Waals surface area (Å²) in [6.07, 6.45) is 63.7. The molecule has 0 aromatic carbocycles. The Labute approximate surface area is 382 Å². The number of unbranched alkanes of at least 4 members (excludes halogenated alkanes) is 42. The summed E-state index contributed by atoms with van der Waals surface area (Å²) >= 11 is 0. The summed E-state index contributed by atoms with van der Waals surface area (Å²) in [7, 11) is 0. The SMILES string of the molecule is CCCCCCCCCCCCCCCC/C=C/CCCC(O)C(O)C(CO)NC(=O)CCCCCCCCCCCCCCCCCCCCCCCCCCCCCC. The van der Waals surface area contributed by atoms with E-state index < -0.39 is 18.2 Å². The van der Waals surface area contributed by atoms with E-state index in [0.717, 1.165) is 38.5 Å². The minimum absolute atomic E-state index is 0.147.